The van der Waals surface area contributed by atoms with Gasteiger partial charge in [0.15, 0.2) is 11.5 Å². The van der Waals surface area contributed by atoms with Crippen molar-refractivity contribution in [1.82, 2.24) is 4.90 Å². The van der Waals surface area contributed by atoms with Gasteiger partial charge in [0.25, 0.3) is 5.91 Å². The van der Waals surface area contributed by atoms with E-state index in [-0.39, 0.29) is 18.2 Å². The highest BCUT2D eigenvalue weighted by molar-refractivity contribution is 6.23. The summed E-state index contributed by atoms with van der Waals surface area (Å²) in [5.74, 6) is 1.14. The van der Waals surface area contributed by atoms with E-state index in [2.05, 4.69) is 4.90 Å². The Labute approximate surface area is 171 Å². The van der Waals surface area contributed by atoms with Crippen molar-refractivity contribution in [2.24, 2.45) is 0 Å². The van der Waals surface area contributed by atoms with E-state index in [1.165, 1.54) is 10.5 Å². The maximum Gasteiger partial charge on any atom is 0.251 e. The van der Waals surface area contributed by atoms with Gasteiger partial charge >= 0.3 is 0 Å². The molecule has 6 heteroatoms. The molecule has 2 amide bonds. The molecule has 1 atom stereocenters. The number of ether oxygens (including phenoxy) is 2. The number of amides is 2. The molecular weight excluding hydrogens is 368 g/mol. The topological polar surface area (TPSA) is 59.1 Å². The van der Waals surface area contributed by atoms with Crippen molar-refractivity contribution < 1.29 is 19.1 Å². The SMILES string of the molecule is COc1cc2c(cc1OC)CN([C@@H]1CC(=O)N(c3c(C)cccc3C)C1=O)CC2. The quantitative estimate of drug-likeness (QED) is 0.746. The minimum atomic E-state index is -0.428. The lowest BCUT2D eigenvalue weighted by Gasteiger charge is -2.33. The number of nitrogens with zero attached hydrogens (tertiary/aromatic N) is 2. The highest BCUT2D eigenvalue weighted by atomic mass is 16.5. The Hall–Kier alpha value is -2.86. The highest BCUT2D eigenvalue weighted by Crippen LogP contribution is 2.36. The number of aryl methyl sites for hydroxylation is 2. The van der Waals surface area contributed by atoms with Crippen LogP contribution in [-0.4, -0.2) is 43.5 Å². The van der Waals surface area contributed by atoms with Gasteiger partial charge in [-0.2, -0.15) is 0 Å². The van der Waals surface area contributed by atoms with Crippen molar-refractivity contribution >= 4 is 17.5 Å². The van der Waals surface area contributed by atoms with E-state index >= 15 is 0 Å². The zero-order valence-corrected chi connectivity index (χ0v) is 17.3. The summed E-state index contributed by atoms with van der Waals surface area (Å²) in [6.07, 6.45) is 1.02. The molecule has 0 N–H and O–H groups in total. The van der Waals surface area contributed by atoms with Gasteiger partial charge in [0.2, 0.25) is 5.91 Å². The van der Waals surface area contributed by atoms with Gasteiger partial charge in [0, 0.05) is 13.1 Å². The Bertz CT molecular complexity index is 965. The van der Waals surface area contributed by atoms with Crippen molar-refractivity contribution in [3.05, 3.63) is 52.6 Å². The number of anilines is 1. The van der Waals surface area contributed by atoms with Crippen LogP contribution in [0, 0.1) is 13.8 Å². The van der Waals surface area contributed by atoms with Crippen LogP contribution in [0.15, 0.2) is 30.3 Å². The predicted molar refractivity (Wildman–Crippen MR) is 110 cm³/mol. The van der Waals surface area contributed by atoms with Crippen LogP contribution in [0.4, 0.5) is 5.69 Å². The molecule has 0 bridgehead atoms. The molecule has 0 unspecified atom stereocenters. The Kier molecular flexibility index (Phi) is 5.04. The first-order chi connectivity index (χ1) is 13.9. The third-order valence-electron chi connectivity index (χ3n) is 5.97. The summed E-state index contributed by atoms with van der Waals surface area (Å²) >= 11 is 0. The summed E-state index contributed by atoms with van der Waals surface area (Å²) in [6.45, 7) is 5.22. The van der Waals surface area contributed by atoms with Crippen molar-refractivity contribution in [3.8, 4) is 11.5 Å². The molecule has 1 saturated heterocycles. The molecule has 0 aliphatic carbocycles. The molecular formula is C23H26N2O4. The third kappa shape index (κ3) is 3.27. The second kappa shape index (κ2) is 7.52. The van der Waals surface area contributed by atoms with E-state index in [9.17, 15) is 9.59 Å². The number of fused-ring (bicyclic) bond motifs is 1. The normalized spacial score (nSPS) is 19.4. The van der Waals surface area contributed by atoms with Gasteiger partial charge in [-0.25, -0.2) is 4.90 Å². The fourth-order valence-corrected chi connectivity index (χ4v) is 4.47. The molecule has 0 aromatic heterocycles. The smallest absolute Gasteiger partial charge is 0.251 e. The lowest BCUT2D eigenvalue weighted by atomic mass is 9.97. The molecule has 4 rings (SSSR count). The van der Waals surface area contributed by atoms with Crippen LogP contribution < -0.4 is 14.4 Å². The fourth-order valence-electron chi connectivity index (χ4n) is 4.47. The summed E-state index contributed by atoms with van der Waals surface area (Å²) in [7, 11) is 3.25. The lowest BCUT2D eigenvalue weighted by Crippen LogP contribution is -2.44. The molecule has 2 aromatic rings. The lowest BCUT2D eigenvalue weighted by molar-refractivity contribution is -0.123. The van der Waals surface area contributed by atoms with Crippen molar-refractivity contribution in [2.45, 2.75) is 39.3 Å². The van der Waals surface area contributed by atoms with Gasteiger partial charge in [-0.1, -0.05) is 18.2 Å². The van der Waals surface area contributed by atoms with Gasteiger partial charge in [0.1, 0.15) is 0 Å². The summed E-state index contributed by atoms with van der Waals surface area (Å²) in [4.78, 5) is 29.6. The van der Waals surface area contributed by atoms with Crippen LogP contribution in [0.25, 0.3) is 0 Å². The molecule has 152 valence electrons. The van der Waals surface area contributed by atoms with Crippen LogP contribution in [0.3, 0.4) is 0 Å². The molecule has 0 radical (unpaired) electrons. The summed E-state index contributed by atoms with van der Waals surface area (Å²) < 4.78 is 10.8. The third-order valence-corrected chi connectivity index (χ3v) is 5.97. The Balaban J connectivity index is 1.61. The molecule has 0 saturated carbocycles. The average Bonchev–Trinajstić information content (AvgIpc) is 3.01. The van der Waals surface area contributed by atoms with Crippen LogP contribution in [0.5, 0.6) is 11.5 Å². The summed E-state index contributed by atoms with van der Waals surface area (Å²) in [5, 5.41) is 0. The molecule has 2 heterocycles. The van der Waals surface area contributed by atoms with Crippen LogP contribution in [0.2, 0.25) is 0 Å². The first-order valence-corrected chi connectivity index (χ1v) is 9.85. The number of carbonyl (C=O) groups excluding carboxylic acids is 2. The summed E-state index contributed by atoms with van der Waals surface area (Å²) in [5.41, 5.74) is 4.91. The Morgan fingerprint density at radius 1 is 0.966 bits per heavy atom. The Morgan fingerprint density at radius 2 is 1.59 bits per heavy atom. The average molecular weight is 394 g/mol. The maximum absolute atomic E-state index is 13.3. The van der Waals surface area contributed by atoms with Crippen molar-refractivity contribution in [1.29, 1.82) is 0 Å². The zero-order valence-electron chi connectivity index (χ0n) is 17.3. The number of para-hydroxylation sites is 1. The van der Waals surface area contributed by atoms with Gasteiger partial charge in [-0.05, 0) is 54.7 Å². The molecule has 6 nitrogen and oxygen atoms in total. The second-order valence-corrected chi connectivity index (χ2v) is 7.72. The van der Waals surface area contributed by atoms with E-state index in [0.29, 0.717) is 18.0 Å². The van der Waals surface area contributed by atoms with E-state index in [0.717, 1.165) is 35.3 Å². The first kappa shape index (κ1) is 19.5. The molecule has 2 aliphatic rings. The Morgan fingerprint density at radius 3 is 2.21 bits per heavy atom. The van der Waals surface area contributed by atoms with Gasteiger partial charge < -0.3 is 9.47 Å². The van der Waals surface area contributed by atoms with Crippen molar-refractivity contribution in [2.75, 3.05) is 25.7 Å². The number of methoxy groups -OCH3 is 2. The van der Waals surface area contributed by atoms with E-state index in [1.54, 1.807) is 14.2 Å². The van der Waals surface area contributed by atoms with Crippen LogP contribution >= 0.6 is 0 Å². The largest absolute Gasteiger partial charge is 0.493 e. The highest BCUT2D eigenvalue weighted by Gasteiger charge is 2.44. The molecule has 1 fully saturated rings. The van der Waals surface area contributed by atoms with Gasteiger partial charge in [-0.15, -0.1) is 0 Å². The number of hydrogen-bond donors (Lipinski definition) is 0. The summed E-state index contributed by atoms with van der Waals surface area (Å²) in [6, 6.07) is 9.38. The van der Waals surface area contributed by atoms with Gasteiger partial charge in [0.05, 0.1) is 32.4 Å². The number of hydrogen-bond acceptors (Lipinski definition) is 5. The zero-order chi connectivity index (χ0) is 20.7. The maximum atomic E-state index is 13.3. The minimum Gasteiger partial charge on any atom is -0.493 e. The van der Waals surface area contributed by atoms with Gasteiger partial charge in [-0.3, -0.25) is 14.5 Å². The minimum absolute atomic E-state index is 0.128. The standard InChI is InChI=1S/C23H26N2O4/c1-14-6-5-7-15(2)22(14)25-21(26)12-18(23(25)27)24-9-8-16-10-19(28-3)20(29-4)11-17(16)13-24/h5-7,10-11,18H,8-9,12-13H2,1-4H3/t18-/m1/s1. The molecule has 29 heavy (non-hydrogen) atoms. The molecule has 2 aliphatic heterocycles. The molecule has 0 spiro atoms. The second-order valence-electron chi connectivity index (χ2n) is 7.72. The monoisotopic (exact) mass is 394 g/mol. The number of carbonyl (C=O) groups is 2. The number of imide groups is 1. The van der Waals surface area contributed by atoms with Crippen molar-refractivity contribution in [3.63, 3.8) is 0 Å². The fraction of sp³-hybridized carbons (Fsp3) is 0.391. The van der Waals surface area contributed by atoms with E-state index in [1.807, 2.05) is 44.2 Å². The van der Waals surface area contributed by atoms with E-state index in [4.69, 9.17) is 9.47 Å². The van der Waals surface area contributed by atoms with E-state index < -0.39 is 6.04 Å². The molecule has 2 aromatic carbocycles. The number of rotatable bonds is 4. The van der Waals surface area contributed by atoms with Crippen LogP contribution in [-0.2, 0) is 22.6 Å². The predicted octanol–water partition coefficient (Wildman–Crippen LogP) is 3.01. The first-order valence-electron chi connectivity index (χ1n) is 9.85. The number of benzene rings is 2. The van der Waals surface area contributed by atoms with Crippen LogP contribution in [0.1, 0.15) is 28.7 Å².